The molecule has 0 spiro atoms. The van der Waals surface area contributed by atoms with Crippen molar-refractivity contribution in [3.63, 3.8) is 0 Å². The molecule has 0 unspecified atom stereocenters. The molecule has 0 amide bonds. The number of aromatic nitrogens is 3. The Morgan fingerprint density at radius 3 is 2.90 bits per heavy atom. The second-order valence-corrected chi connectivity index (χ2v) is 4.03. The maximum atomic E-state index is 11.0. The summed E-state index contributed by atoms with van der Waals surface area (Å²) in [5, 5.41) is 23.8. The number of benzene rings is 1. The van der Waals surface area contributed by atoms with Gasteiger partial charge in [0, 0.05) is 12.6 Å². The molecule has 0 fully saturated rings. The normalized spacial score (nSPS) is 10.3. The van der Waals surface area contributed by atoms with Crippen LogP contribution < -0.4 is 4.74 Å². The van der Waals surface area contributed by atoms with Gasteiger partial charge in [0.15, 0.2) is 11.6 Å². The summed E-state index contributed by atoms with van der Waals surface area (Å²) in [7, 11) is 0. The van der Waals surface area contributed by atoms with E-state index in [4.69, 9.17) is 9.84 Å². The van der Waals surface area contributed by atoms with Crippen molar-refractivity contribution >= 4 is 11.7 Å². The third-order valence-electron chi connectivity index (χ3n) is 2.75. The number of rotatable bonds is 6. The van der Waals surface area contributed by atoms with Crippen molar-refractivity contribution in [1.82, 2.24) is 14.8 Å². The van der Waals surface area contributed by atoms with E-state index in [1.165, 1.54) is 18.5 Å². The van der Waals surface area contributed by atoms with E-state index in [1.807, 2.05) is 6.92 Å². The van der Waals surface area contributed by atoms with E-state index < -0.39 is 16.6 Å². The summed E-state index contributed by atoms with van der Waals surface area (Å²) in [6.45, 7) is 2.47. The van der Waals surface area contributed by atoms with Gasteiger partial charge in [-0.1, -0.05) is 0 Å². The fourth-order valence-electron chi connectivity index (χ4n) is 1.72. The highest BCUT2D eigenvalue weighted by atomic mass is 16.6. The maximum absolute atomic E-state index is 11.0. The van der Waals surface area contributed by atoms with Crippen LogP contribution in [-0.4, -0.2) is 30.8 Å². The zero-order valence-corrected chi connectivity index (χ0v) is 11.1. The third kappa shape index (κ3) is 3.14. The van der Waals surface area contributed by atoms with Gasteiger partial charge in [-0.15, -0.1) is 0 Å². The number of nitro benzene ring substituents is 1. The largest absolute Gasteiger partial charge is 0.479 e. The maximum Gasteiger partial charge on any atom is 0.335 e. The first-order valence-corrected chi connectivity index (χ1v) is 6.04. The first-order valence-electron chi connectivity index (χ1n) is 6.04. The molecule has 0 atom stereocenters. The quantitative estimate of drug-likeness (QED) is 0.632. The number of hydrogen-bond donors (Lipinski definition) is 1. The summed E-state index contributed by atoms with van der Waals surface area (Å²) in [6.07, 6.45) is 1.37. The predicted molar refractivity (Wildman–Crippen MR) is 70.1 cm³/mol. The number of carbonyl (C=O) groups is 1. The molecule has 0 bridgehead atoms. The lowest BCUT2D eigenvalue weighted by atomic mass is 10.2. The summed E-state index contributed by atoms with van der Waals surface area (Å²) >= 11 is 0. The van der Waals surface area contributed by atoms with E-state index in [0.717, 1.165) is 6.07 Å². The molecule has 0 aliphatic rings. The molecule has 2 rings (SSSR count). The smallest absolute Gasteiger partial charge is 0.335 e. The summed E-state index contributed by atoms with van der Waals surface area (Å²) in [5.74, 6) is -0.736. The van der Waals surface area contributed by atoms with Gasteiger partial charge >= 0.3 is 11.7 Å². The SMILES string of the molecule is CCn1ncnc1COc1ccc(C(=O)O)cc1[N+](=O)[O-]. The number of aromatic carboxylic acids is 1. The van der Waals surface area contributed by atoms with E-state index >= 15 is 0 Å². The molecule has 1 heterocycles. The van der Waals surface area contributed by atoms with Crippen molar-refractivity contribution < 1.29 is 19.6 Å². The Labute approximate surface area is 118 Å². The van der Waals surface area contributed by atoms with Crippen LogP contribution in [0.2, 0.25) is 0 Å². The molecule has 0 radical (unpaired) electrons. The van der Waals surface area contributed by atoms with E-state index in [9.17, 15) is 14.9 Å². The zero-order valence-electron chi connectivity index (χ0n) is 11.1. The van der Waals surface area contributed by atoms with E-state index in [0.29, 0.717) is 12.4 Å². The number of ether oxygens (including phenoxy) is 1. The fraction of sp³-hybridized carbons (Fsp3) is 0.250. The molecular weight excluding hydrogens is 280 g/mol. The van der Waals surface area contributed by atoms with Gasteiger partial charge in [0.2, 0.25) is 0 Å². The van der Waals surface area contributed by atoms with Crippen molar-refractivity contribution in [3.05, 3.63) is 46.0 Å². The van der Waals surface area contributed by atoms with Gasteiger partial charge in [-0.3, -0.25) is 10.1 Å². The van der Waals surface area contributed by atoms with Crippen LogP contribution >= 0.6 is 0 Å². The minimum Gasteiger partial charge on any atom is -0.479 e. The Bertz CT molecular complexity index is 682. The number of nitro groups is 1. The molecule has 9 heteroatoms. The number of hydrogen-bond acceptors (Lipinski definition) is 6. The lowest BCUT2D eigenvalue weighted by Gasteiger charge is -2.07. The van der Waals surface area contributed by atoms with Crippen molar-refractivity contribution in [2.45, 2.75) is 20.1 Å². The first kappa shape index (κ1) is 14.4. The van der Waals surface area contributed by atoms with Crippen LogP contribution in [0.4, 0.5) is 5.69 Å². The average Bonchev–Trinajstić information content (AvgIpc) is 2.92. The number of carboxylic acid groups (broad SMARTS) is 1. The number of aryl methyl sites for hydroxylation is 1. The number of carboxylic acids is 1. The topological polar surface area (TPSA) is 120 Å². The first-order chi connectivity index (χ1) is 10.0. The molecule has 1 N–H and O–H groups in total. The second-order valence-electron chi connectivity index (χ2n) is 4.03. The number of nitrogens with zero attached hydrogens (tertiary/aromatic N) is 4. The molecule has 110 valence electrons. The molecule has 0 saturated heterocycles. The molecule has 0 aliphatic heterocycles. The van der Waals surface area contributed by atoms with Gasteiger partial charge in [-0.25, -0.2) is 14.5 Å². The predicted octanol–water partition coefficient (Wildman–Crippen LogP) is 1.48. The Hall–Kier alpha value is -2.97. The Kier molecular flexibility index (Phi) is 4.12. The average molecular weight is 292 g/mol. The lowest BCUT2D eigenvalue weighted by molar-refractivity contribution is -0.386. The van der Waals surface area contributed by atoms with Crippen molar-refractivity contribution in [2.75, 3.05) is 0 Å². The molecule has 21 heavy (non-hydrogen) atoms. The minimum absolute atomic E-state index is 0.00109. The highest BCUT2D eigenvalue weighted by Gasteiger charge is 2.19. The van der Waals surface area contributed by atoms with Crippen LogP contribution in [0.1, 0.15) is 23.1 Å². The van der Waals surface area contributed by atoms with Gasteiger partial charge in [-0.2, -0.15) is 5.10 Å². The van der Waals surface area contributed by atoms with Crippen molar-refractivity contribution in [3.8, 4) is 5.75 Å². The van der Waals surface area contributed by atoms with Crippen LogP contribution in [0.15, 0.2) is 24.5 Å². The van der Waals surface area contributed by atoms with Gasteiger partial charge in [0.05, 0.1) is 10.5 Å². The van der Waals surface area contributed by atoms with Crippen LogP contribution in [-0.2, 0) is 13.2 Å². The van der Waals surface area contributed by atoms with Gasteiger partial charge < -0.3 is 9.84 Å². The lowest BCUT2D eigenvalue weighted by Crippen LogP contribution is -2.08. The van der Waals surface area contributed by atoms with Gasteiger partial charge in [0.25, 0.3) is 0 Å². The Morgan fingerprint density at radius 2 is 2.29 bits per heavy atom. The standard InChI is InChI=1S/C12H12N4O5/c1-2-15-11(13-7-14-15)6-21-10-4-3-8(12(17)18)5-9(10)16(19)20/h3-5,7H,2,6H2,1H3,(H,17,18). The molecule has 0 saturated carbocycles. The minimum atomic E-state index is -1.24. The highest BCUT2D eigenvalue weighted by molar-refractivity contribution is 5.88. The van der Waals surface area contributed by atoms with Crippen LogP contribution in [0.25, 0.3) is 0 Å². The van der Waals surface area contributed by atoms with Gasteiger partial charge in [0.1, 0.15) is 12.9 Å². The van der Waals surface area contributed by atoms with Crippen molar-refractivity contribution in [2.24, 2.45) is 0 Å². The van der Waals surface area contributed by atoms with Gasteiger partial charge in [-0.05, 0) is 19.1 Å². The second kappa shape index (κ2) is 5.99. The fourth-order valence-corrected chi connectivity index (χ4v) is 1.72. The molecule has 1 aromatic carbocycles. The Balaban J connectivity index is 2.23. The summed E-state index contributed by atoms with van der Waals surface area (Å²) in [5.41, 5.74) is -0.580. The summed E-state index contributed by atoms with van der Waals surface area (Å²) < 4.78 is 6.96. The molecular formula is C12H12N4O5. The van der Waals surface area contributed by atoms with Crippen LogP contribution in [0, 0.1) is 10.1 Å². The zero-order chi connectivity index (χ0) is 15.4. The summed E-state index contributed by atoms with van der Waals surface area (Å²) in [6, 6.07) is 3.46. The highest BCUT2D eigenvalue weighted by Crippen LogP contribution is 2.28. The molecule has 0 aliphatic carbocycles. The monoisotopic (exact) mass is 292 g/mol. The molecule has 2 aromatic rings. The molecule has 9 nitrogen and oxygen atoms in total. The van der Waals surface area contributed by atoms with E-state index in [1.54, 1.807) is 4.68 Å². The van der Waals surface area contributed by atoms with Crippen LogP contribution in [0.3, 0.4) is 0 Å². The van der Waals surface area contributed by atoms with E-state index in [2.05, 4.69) is 10.1 Å². The Morgan fingerprint density at radius 1 is 1.52 bits per heavy atom. The molecule has 1 aromatic heterocycles. The summed E-state index contributed by atoms with van der Waals surface area (Å²) in [4.78, 5) is 25.1. The van der Waals surface area contributed by atoms with Crippen molar-refractivity contribution in [1.29, 1.82) is 0 Å². The van der Waals surface area contributed by atoms with Crippen LogP contribution in [0.5, 0.6) is 5.75 Å². The third-order valence-corrected chi connectivity index (χ3v) is 2.75. The van der Waals surface area contributed by atoms with E-state index in [-0.39, 0.29) is 17.9 Å².